The summed E-state index contributed by atoms with van der Waals surface area (Å²) in [7, 11) is 0. The SMILES string of the molecule is C[C@@H](N[C@@H](c1cccnc1)C(F)(F)F)c1cccc2ccccc12. The van der Waals surface area contributed by atoms with Crippen molar-refractivity contribution < 1.29 is 13.2 Å². The quantitative estimate of drug-likeness (QED) is 0.712. The Morgan fingerprint density at radius 3 is 2.42 bits per heavy atom. The molecule has 0 fully saturated rings. The van der Waals surface area contributed by atoms with Crippen molar-refractivity contribution >= 4 is 10.8 Å². The van der Waals surface area contributed by atoms with Crippen molar-refractivity contribution in [1.29, 1.82) is 0 Å². The molecule has 2 nitrogen and oxygen atoms in total. The summed E-state index contributed by atoms with van der Waals surface area (Å²) in [6.07, 6.45) is -1.69. The van der Waals surface area contributed by atoms with Crippen molar-refractivity contribution in [3.05, 3.63) is 78.1 Å². The number of nitrogens with zero attached hydrogens (tertiary/aromatic N) is 1. The number of aromatic nitrogens is 1. The maximum absolute atomic E-state index is 13.5. The summed E-state index contributed by atoms with van der Waals surface area (Å²) in [5, 5.41) is 4.68. The van der Waals surface area contributed by atoms with Crippen LogP contribution in [0.15, 0.2) is 67.0 Å². The maximum atomic E-state index is 13.5. The minimum atomic E-state index is -4.40. The van der Waals surface area contributed by atoms with Crippen LogP contribution >= 0.6 is 0 Å². The van der Waals surface area contributed by atoms with Crippen LogP contribution in [-0.2, 0) is 0 Å². The Hall–Kier alpha value is -2.40. The van der Waals surface area contributed by atoms with E-state index >= 15 is 0 Å². The third-order valence-corrected chi connectivity index (χ3v) is 4.05. The Morgan fingerprint density at radius 1 is 0.958 bits per heavy atom. The zero-order chi connectivity index (χ0) is 17.2. The standard InChI is InChI=1S/C19H17F3N2/c1-13(16-10-4-7-14-6-2-3-9-17(14)16)24-18(19(20,21)22)15-8-5-11-23-12-15/h2-13,18,24H,1H3/t13-,18+/m1/s1. The molecule has 0 bridgehead atoms. The van der Waals surface area contributed by atoms with Gasteiger partial charge in [-0.15, -0.1) is 0 Å². The lowest BCUT2D eigenvalue weighted by atomic mass is 9.98. The first-order chi connectivity index (χ1) is 11.5. The molecule has 2 aromatic carbocycles. The van der Waals surface area contributed by atoms with Gasteiger partial charge in [-0.05, 0) is 34.9 Å². The van der Waals surface area contributed by atoms with E-state index in [2.05, 4.69) is 10.3 Å². The second-order valence-electron chi connectivity index (χ2n) is 5.72. The van der Waals surface area contributed by atoms with E-state index in [0.717, 1.165) is 16.3 Å². The third kappa shape index (κ3) is 3.41. The molecule has 0 aliphatic heterocycles. The minimum absolute atomic E-state index is 0.108. The number of halogens is 3. The molecule has 5 heteroatoms. The van der Waals surface area contributed by atoms with Gasteiger partial charge in [-0.2, -0.15) is 13.2 Å². The summed E-state index contributed by atoms with van der Waals surface area (Å²) in [5.74, 6) is 0. The van der Waals surface area contributed by atoms with E-state index in [4.69, 9.17) is 0 Å². The van der Waals surface area contributed by atoms with Gasteiger partial charge in [-0.25, -0.2) is 0 Å². The van der Waals surface area contributed by atoms with Crippen LogP contribution in [0.3, 0.4) is 0 Å². The Labute approximate surface area is 138 Å². The highest BCUT2D eigenvalue weighted by Crippen LogP contribution is 2.35. The number of rotatable bonds is 4. The molecule has 0 unspecified atom stereocenters. The van der Waals surface area contributed by atoms with Gasteiger partial charge < -0.3 is 0 Å². The Kier molecular flexibility index (Phi) is 4.53. The summed E-state index contributed by atoms with van der Waals surface area (Å²) in [4.78, 5) is 3.81. The number of alkyl halides is 3. The average Bonchev–Trinajstić information content (AvgIpc) is 2.58. The van der Waals surface area contributed by atoms with Crippen LogP contribution in [0.2, 0.25) is 0 Å². The molecule has 2 atom stereocenters. The molecular formula is C19H17F3N2. The highest BCUT2D eigenvalue weighted by atomic mass is 19.4. The zero-order valence-electron chi connectivity index (χ0n) is 13.1. The van der Waals surface area contributed by atoms with E-state index in [1.165, 1.54) is 24.5 Å². The fourth-order valence-corrected chi connectivity index (χ4v) is 2.89. The van der Waals surface area contributed by atoms with Crippen molar-refractivity contribution in [2.45, 2.75) is 25.2 Å². The lowest BCUT2D eigenvalue weighted by Gasteiger charge is -2.26. The van der Waals surface area contributed by atoms with Crippen LogP contribution in [0, 0.1) is 0 Å². The molecule has 0 aliphatic rings. The van der Waals surface area contributed by atoms with Crippen molar-refractivity contribution in [2.75, 3.05) is 0 Å². The Morgan fingerprint density at radius 2 is 1.71 bits per heavy atom. The number of fused-ring (bicyclic) bond motifs is 1. The molecule has 124 valence electrons. The number of hydrogen-bond donors (Lipinski definition) is 1. The van der Waals surface area contributed by atoms with Crippen LogP contribution in [0.25, 0.3) is 10.8 Å². The number of nitrogens with one attached hydrogen (secondary N) is 1. The monoisotopic (exact) mass is 330 g/mol. The van der Waals surface area contributed by atoms with Crippen LogP contribution in [0.5, 0.6) is 0 Å². The first-order valence-corrected chi connectivity index (χ1v) is 7.67. The molecule has 0 saturated carbocycles. The molecule has 1 aromatic heterocycles. The van der Waals surface area contributed by atoms with E-state index in [-0.39, 0.29) is 5.56 Å². The van der Waals surface area contributed by atoms with Crippen LogP contribution < -0.4 is 5.32 Å². The van der Waals surface area contributed by atoms with Crippen molar-refractivity contribution in [3.63, 3.8) is 0 Å². The fraction of sp³-hybridized carbons (Fsp3) is 0.211. The number of pyridine rings is 1. The van der Waals surface area contributed by atoms with Gasteiger partial charge in [0.1, 0.15) is 6.04 Å². The zero-order valence-corrected chi connectivity index (χ0v) is 13.1. The highest BCUT2D eigenvalue weighted by molar-refractivity contribution is 5.86. The number of hydrogen-bond acceptors (Lipinski definition) is 2. The van der Waals surface area contributed by atoms with Gasteiger partial charge in [0.15, 0.2) is 0 Å². The van der Waals surface area contributed by atoms with Gasteiger partial charge in [0.25, 0.3) is 0 Å². The smallest absolute Gasteiger partial charge is 0.296 e. The summed E-state index contributed by atoms with van der Waals surface area (Å²) in [6.45, 7) is 1.75. The van der Waals surface area contributed by atoms with Crippen LogP contribution in [-0.4, -0.2) is 11.2 Å². The first-order valence-electron chi connectivity index (χ1n) is 7.67. The van der Waals surface area contributed by atoms with Gasteiger partial charge in [0.2, 0.25) is 0 Å². The Bertz CT molecular complexity index is 810. The summed E-state index contributed by atoms with van der Waals surface area (Å²) in [6, 6.07) is 14.1. The number of benzene rings is 2. The molecule has 1 heterocycles. The molecule has 24 heavy (non-hydrogen) atoms. The van der Waals surface area contributed by atoms with Crippen molar-refractivity contribution in [1.82, 2.24) is 10.3 Å². The summed E-state index contributed by atoms with van der Waals surface area (Å²) < 4.78 is 40.5. The second kappa shape index (κ2) is 6.61. The normalized spacial score (nSPS) is 14.5. The van der Waals surface area contributed by atoms with Crippen LogP contribution in [0.1, 0.15) is 30.1 Å². The average molecular weight is 330 g/mol. The molecule has 0 amide bonds. The van der Waals surface area contributed by atoms with E-state index in [0.29, 0.717) is 0 Å². The fourth-order valence-electron chi connectivity index (χ4n) is 2.89. The molecule has 0 saturated heterocycles. The Balaban J connectivity index is 1.95. The van der Waals surface area contributed by atoms with Crippen LogP contribution in [0.4, 0.5) is 13.2 Å². The molecular weight excluding hydrogens is 313 g/mol. The highest BCUT2D eigenvalue weighted by Gasteiger charge is 2.41. The topological polar surface area (TPSA) is 24.9 Å². The first kappa shape index (κ1) is 16.5. The van der Waals surface area contributed by atoms with Gasteiger partial charge in [-0.1, -0.05) is 48.5 Å². The predicted octanol–water partition coefficient (Wildman–Crippen LogP) is 5.19. The van der Waals surface area contributed by atoms with Gasteiger partial charge >= 0.3 is 6.18 Å². The largest absolute Gasteiger partial charge is 0.407 e. The maximum Gasteiger partial charge on any atom is 0.407 e. The molecule has 0 aliphatic carbocycles. The van der Waals surface area contributed by atoms with Gasteiger partial charge in [-0.3, -0.25) is 10.3 Å². The lowest BCUT2D eigenvalue weighted by molar-refractivity contribution is -0.159. The van der Waals surface area contributed by atoms with E-state index in [9.17, 15) is 13.2 Å². The molecule has 1 N–H and O–H groups in total. The van der Waals surface area contributed by atoms with Crippen molar-refractivity contribution in [3.8, 4) is 0 Å². The lowest BCUT2D eigenvalue weighted by Crippen LogP contribution is -2.35. The molecule has 0 spiro atoms. The minimum Gasteiger partial charge on any atom is -0.296 e. The summed E-state index contributed by atoms with van der Waals surface area (Å²) >= 11 is 0. The molecule has 3 rings (SSSR count). The second-order valence-corrected chi connectivity index (χ2v) is 5.72. The van der Waals surface area contributed by atoms with Crippen molar-refractivity contribution in [2.24, 2.45) is 0 Å². The molecule has 0 radical (unpaired) electrons. The molecule has 3 aromatic rings. The van der Waals surface area contributed by atoms with Gasteiger partial charge in [0, 0.05) is 18.4 Å². The van der Waals surface area contributed by atoms with E-state index < -0.39 is 18.3 Å². The summed E-state index contributed by atoms with van der Waals surface area (Å²) in [5.41, 5.74) is 0.948. The van der Waals surface area contributed by atoms with Gasteiger partial charge in [0.05, 0.1) is 0 Å². The predicted molar refractivity (Wildman–Crippen MR) is 88.5 cm³/mol. The van der Waals surface area contributed by atoms with E-state index in [1.807, 2.05) is 42.5 Å². The van der Waals surface area contributed by atoms with E-state index in [1.54, 1.807) is 6.92 Å². The third-order valence-electron chi connectivity index (χ3n) is 4.05.